The first kappa shape index (κ1) is 5.93. The summed E-state index contributed by atoms with van der Waals surface area (Å²) in [6.45, 7) is 0.968. The van der Waals surface area contributed by atoms with Crippen molar-refractivity contribution in [1.82, 2.24) is 19.6 Å². The smallest absolute Gasteiger partial charge is 0.254 e. The fourth-order valence-electron chi connectivity index (χ4n) is 1.50. The van der Waals surface area contributed by atoms with E-state index in [0.29, 0.717) is 5.78 Å². The van der Waals surface area contributed by atoms with Gasteiger partial charge in [-0.05, 0) is 6.42 Å². The Hall–Kier alpha value is -1.65. The van der Waals surface area contributed by atoms with Gasteiger partial charge in [0.2, 0.25) is 0 Å². The van der Waals surface area contributed by atoms with Gasteiger partial charge < -0.3 is 5.32 Å². The molecule has 2 aromatic rings. The SMILES string of the molecule is c1nc2ncc3c(n2n1)NCC3. The summed E-state index contributed by atoms with van der Waals surface area (Å²) in [5, 5.41) is 7.32. The van der Waals surface area contributed by atoms with Gasteiger partial charge in [0, 0.05) is 18.3 Å². The van der Waals surface area contributed by atoms with E-state index < -0.39 is 0 Å². The van der Waals surface area contributed by atoms with Gasteiger partial charge in [0.1, 0.15) is 12.1 Å². The predicted molar refractivity (Wildman–Crippen MR) is 43.0 cm³/mol. The third kappa shape index (κ3) is 0.603. The molecule has 0 aromatic carbocycles. The summed E-state index contributed by atoms with van der Waals surface area (Å²) in [5.74, 6) is 1.70. The van der Waals surface area contributed by atoms with E-state index in [1.165, 1.54) is 11.9 Å². The maximum absolute atomic E-state index is 4.16. The number of hydrogen-bond donors (Lipinski definition) is 1. The van der Waals surface area contributed by atoms with E-state index in [0.717, 1.165) is 18.8 Å². The molecule has 0 aliphatic carbocycles. The molecule has 5 heteroatoms. The van der Waals surface area contributed by atoms with Gasteiger partial charge in [0.25, 0.3) is 5.78 Å². The number of aromatic nitrogens is 4. The van der Waals surface area contributed by atoms with Crippen molar-refractivity contribution in [2.24, 2.45) is 0 Å². The lowest BCUT2D eigenvalue weighted by atomic mass is 10.3. The van der Waals surface area contributed by atoms with Gasteiger partial charge in [-0.2, -0.15) is 14.6 Å². The zero-order valence-corrected chi connectivity index (χ0v) is 6.36. The van der Waals surface area contributed by atoms with Gasteiger partial charge in [-0.3, -0.25) is 0 Å². The topological polar surface area (TPSA) is 55.1 Å². The molecule has 1 aliphatic heterocycles. The number of nitrogens with zero attached hydrogens (tertiary/aromatic N) is 4. The average Bonchev–Trinajstić information content (AvgIpc) is 2.71. The maximum atomic E-state index is 4.16. The monoisotopic (exact) mass is 161 g/mol. The van der Waals surface area contributed by atoms with Crippen LogP contribution < -0.4 is 5.32 Å². The highest BCUT2D eigenvalue weighted by Crippen LogP contribution is 2.19. The molecule has 2 aromatic heterocycles. The molecule has 60 valence electrons. The van der Waals surface area contributed by atoms with Crippen molar-refractivity contribution in [1.29, 1.82) is 0 Å². The highest BCUT2D eigenvalue weighted by atomic mass is 15.4. The Bertz CT molecular complexity index is 432. The highest BCUT2D eigenvalue weighted by Gasteiger charge is 2.14. The Morgan fingerprint density at radius 3 is 3.42 bits per heavy atom. The molecular formula is C7H7N5. The minimum Gasteiger partial charge on any atom is -0.369 e. The average molecular weight is 161 g/mol. The molecule has 0 saturated carbocycles. The standard InChI is InChI=1S/C7H7N5/c1-2-8-6-5(1)3-9-7-10-4-11-12(6)7/h3-4,8H,1-2H2. The van der Waals surface area contributed by atoms with Gasteiger partial charge in [0.05, 0.1) is 0 Å². The van der Waals surface area contributed by atoms with Crippen LogP contribution in [0.25, 0.3) is 5.78 Å². The molecule has 12 heavy (non-hydrogen) atoms. The first-order chi connectivity index (χ1) is 5.95. The third-order valence-electron chi connectivity index (χ3n) is 2.07. The summed E-state index contributed by atoms with van der Waals surface area (Å²) < 4.78 is 1.74. The minimum absolute atomic E-state index is 0.656. The predicted octanol–water partition coefficient (Wildman–Crippen LogP) is 0.0923. The molecule has 0 radical (unpaired) electrons. The van der Waals surface area contributed by atoms with Crippen molar-refractivity contribution < 1.29 is 0 Å². The summed E-state index contributed by atoms with van der Waals surface area (Å²) >= 11 is 0. The van der Waals surface area contributed by atoms with Crippen molar-refractivity contribution >= 4 is 11.6 Å². The summed E-state index contributed by atoms with van der Waals surface area (Å²) in [4.78, 5) is 8.16. The fourth-order valence-corrected chi connectivity index (χ4v) is 1.50. The van der Waals surface area contributed by atoms with E-state index in [1.807, 2.05) is 6.20 Å². The van der Waals surface area contributed by atoms with Gasteiger partial charge in [-0.15, -0.1) is 0 Å². The number of hydrogen-bond acceptors (Lipinski definition) is 4. The zero-order valence-electron chi connectivity index (χ0n) is 6.36. The second kappa shape index (κ2) is 1.94. The summed E-state index contributed by atoms with van der Waals surface area (Å²) in [5.41, 5.74) is 1.22. The lowest BCUT2D eigenvalue weighted by Crippen LogP contribution is -1.99. The van der Waals surface area contributed by atoms with Gasteiger partial charge in [-0.25, -0.2) is 4.98 Å². The molecule has 0 fully saturated rings. The van der Waals surface area contributed by atoms with Crippen molar-refractivity contribution in [2.75, 3.05) is 11.9 Å². The summed E-state index contributed by atoms with van der Waals surface area (Å²) in [6, 6.07) is 0. The first-order valence-corrected chi connectivity index (χ1v) is 3.86. The van der Waals surface area contributed by atoms with Crippen molar-refractivity contribution in [2.45, 2.75) is 6.42 Å². The molecule has 0 spiro atoms. The Morgan fingerprint density at radius 1 is 1.42 bits per heavy atom. The van der Waals surface area contributed by atoms with E-state index >= 15 is 0 Å². The second-order valence-electron chi connectivity index (χ2n) is 2.78. The summed E-state index contributed by atoms with van der Waals surface area (Å²) in [7, 11) is 0. The third-order valence-corrected chi connectivity index (χ3v) is 2.07. The van der Waals surface area contributed by atoms with Crippen LogP contribution in [0.3, 0.4) is 0 Å². The molecule has 0 unspecified atom stereocenters. The Labute approximate surface area is 68.5 Å². The van der Waals surface area contributed by atoms with Crippen LogP contribution in [0.1, 0.15) is 5.56 Å². The molecule has 1 aliphatic rings. The van der Waals surface area contributed by atoms with Crippen molar-refractivity contribution in [3.05, 3.63) is 18.1 Å². The fraction of sp³-hybridized carbons (Fsp3) is 0.286. The first-order valence-electron chi connectivity index (χ1n) is 3.86. The lowest BCUT2D eigenvalue weighted by Gasteiger charge is -1.99. The Kier molecular flexibility index (Phi) is 0.957. The van der Waals surface area contributed by atoms with Gasteiger partial charge >= 0.3 is 0 Å². The largest absolute Gasteiger partial charge is 0.369 e. The number of fused-ring (bicyclic) bond motifs is 3. The molecule has 1 N–H and O–H groups in total. The minimum atomic E-state index is 0.656. The summed E-state index contributed by atoms with van der Waals surface area (Å²) in [6.07, 6.45) is 4.40. The second-order valence-corrected chi connectivity index (χ2v) is 2.78. The van der Waals surface area contributed by atoms with Gasteiger partial charge in [-0.1, -0.05) is 0 Å². The zero-order chi connectivity index (χ0) is 7.97. The van der Waals surface area contributed by atoms with E-state index in [4.69, 9.17) is 0 Å². The van der Waals surface area contributed by atoms with Gasteiger partial charge in [0.15, 0.2) is 0 Å². The number of nitrogens with one attached hydrogen (secondary N) is 1. The van der Waals surface area contributed by atoms with Crippen LogP contribution in [0.4, 0.5) is 5.82 Å². The molecule has 3 heterocycles. The van der Waals surface area contributed by atoms with Crippen LogP contribution in [-0.4, -0.2) is 26.1 Å². The van der Waals surface area contributed by atoms with E-state index in [-0.39, 0.29) is 0 Å². The molecule has 0 saturated heterocycles. The number of anilines is 1. The molecule has 0 amide bonds. The van der Waals surface area contributed by atoms with E-state index in [1.54, 1.807) is 4.52 Å². The maximum Gasteiger partial charge on any atom is 0.254 e. The Morgan fingerprint density at radius 2 is 2.42 bits per heavy atom. The molecule has 3 rings (SSSR count). The number of rotatable bonds is 0. The highest BCUT2D eigenvalue weighted by molar-refractivity contribution is 5.52. The lowest BCUT2D eigenvalue weighted by molar-refractivity contribution is 0.944. The van der Waals surface area contributed by atoms with Crippen LogP contribution in [-0.2, 0) is 6.42 Å². The quantitative estimate of drug-likeness (QED) is 0.595. The normalized spacial score (nSPS) is 14.7. The van der Waals surface area contributed by atoms with Crippen LogP contribution in [0.15, 0.2) is 12.5 Å². The van der Waals surface area contributed by atoms with E-state index in [9.17, 15) is 0 Å². The molecule has 0 bridgehead atoms. The van der Waals surface area contributed by atoms with Crippen LogP contribution >= 0.6 is 0 Å². The van der Waals surface area contributed by atoms with Crippen LogP contribution in [0, 0.1) is 0 Å². The van der Waals surface area contributed by atoms with Crippen LogP contribution in [0.5, 0.6) is 0 Å². The Balaban J connectivity index is 2.46. The van der Waals surface area contributed by atoms with Crippen molar-refractivity contribution in [3.8, 4) is 0 Å². The van der Waals surface area contributed by atoms with Crippen molar-refractivity contribution in [3.63, 3.8) is 0 Å². The molecular weight excluding hydrogens is 154 g/mol. The molecule has 0 atom stereocenters. The molecule has 5 nitrogen and oxygen atoms in total. The van der Waals surface area contributed by atoms with E-state index in [2.05, 4.69) is 20.4 Å². The van der Waals surface area contributed by atoms with Crippen LogP contribution in [0.2, 0.25) is 0 Å².